The van der Waals surface area contributed by atoms with Crippen molar-refractivity contribution in [1.82, 2.24) is 20.2 Å². The molecule has 1 aromatic heterocycles. The lowest BCUT2D eigenvalue weighted by atomic mass is 9.83. The number of aromatic amines is 1. The zero-order chi connectivity index (χ0) is 20.6. The summed E-state index contributed by atoms with van der Waals surface area (Å²) in [5, 5.41) is 2.96. The Morgan fingerprint density at radius 1 is 1.14 bits per heavy atom. The van der Waals surface area contributed by atoms with E-state index in [4.69, 9.17) is 9.72 Å². The van der Waals surface area contributed by atoms with Crippen LogP contribution < -0.4 is 10.9 Å². The second-order valence-corrected chi connectivity index (χ2v) is 9.89. The smallest absolute Gasteiger partial charge is 0.407 e. The van der Waals surface area contributed by atoms with E-state index in [-0.39, 0.29) is 17.7 Å². The van der Waals surface area contributed by atoms with Crippen LogP contribution in [0.25, 0.3) is 0 Å². The molecule has 3 aliphatic rings. The van der Waals surface area contributed by atoms with E-state index in [1.165, 1.54) is 0 Å². The van der Waals surface area contributed by atoms with Crippen LogP contribution in [-0.2, 0) is 17.6 Å². The first kappa shape index (κ1) is 20.4. The molecule has 2 aliphatic carbocycles. The van der Waals surface area contributed by atoms with Gasteiger partial charge in [0.15, 0.2) is 0 Å². The number of alkyl carbamates (subject to hydrolysis) is 1. The molecule has 1 amide bonds. The van der Waals surface area contributed by atoms with Crippen LogP contribution in [-0.4, -0.2) is 51.7 Å². The molecule has 0 unspecified atom stereocenters. The maximum Gasteiger partial charge on any atom is 0.407 e. The third-order valence-electron chi connectivity index (χ3n) is 6.44. The van der Waals surface area contributed by atoms with E-state index < -0.39 is 5.60 Å². The average Bonchev–Trinajstić information content (AvgIpc) is 2.63. The summed E-state index contributed by atoms with van der Waals surface area (Å²) in [6.45, 7) is 7.42. The fraction of sp³-hybridized carbons (Fsp3) is 0.773. The van der Waals surface area contributed by atoms with Gasteiger partial charge in [-0.3, -0.25) is 9.69 Å². The number of aryl methyl sites for hydroxylation is 1. The van der Waals surface area contributed by atoms with E-state index in [9.17, 15) is 9.59 Å². The van der Waals surface area contributed by atoms with Crippen LogP contribution in [0.4, 0.5) is 4.79 Å². The maximum absolute atomic E-state index is 12.4. The minimum absolute atomic E-state index is 0.0885. The van der Waals surface area contributed by atoms with Crippen LogP contribution in [0.3, 0.4) is 0 Å². The molecule has 1 saturated heterocycles. The lowest BCUT2D eigenvalue weighted by molar-refractivity contribution is 0.0254. The number of rotatable bonds is 3. The molecule has 0 aromatic carbocycles. The Hall–Kier alpha value is -1.89. The molecule has 0 spiro atoms. The summed E-state index contributed by atoms with van der Waals surface area (Å²) in [4.78, 5) is 34.7. The summed E-state index contributed by atoms with van der Waals surface area (Å²) in [5.41, 5.74) is 1.58. The fourth-order valence-corrected chi connectivity index (χ4v) is 4.91. The van der Waals surface area contributed by atoms with Gasteiger partial charge in [0.25, 0.3) is 5.56 Å². The number of aromatic nitrogens is 2. The normalized spacial score (nSPS) is 25.8. The third-order valence-corrected chi connectivity index (χ3v) is 6.44. The number of amides is 1. The van der Waals surface area contributed by atoms with Gasteiger partial charge in [-0.25, -0.2) is 9.78 Å². The van der Waals surface area contributed by atoms with Gasteiger partial charge in [-0.2, -0.15) is 0 Å². The van der Waals surface area contributed by atoms with Crippen molar-refractivity contribution < 1.29 is 9.53 Å². The standard InChI is InChI=1S/C22H34N4O3/c1-22(2,3)29-21(28)23-15-12-26(13-15)16-10-8-14(9-11-16)19-24-18-7-5-4-6-17(18)20(27)25-19/h14-16H,4-13H2,1-3H3,(H,23,28)(H,24,25,27). The van der Waals surface area contributed by atoms with E-state index in [0.717, 1.165) is 81.5 Å². The van der Waals surface area contributed by atoms with Crippen LogP contribution in [0.5, 0.6) is 0 Å². The highest BCUT2D eigenvalue weighted by atomic mass is 16.6. The van der Waals surface area contributed by atoms with Crippen LogP contribution in [0, 0.1) is 0 Å². The molecule has 1 aliphatic heterocycles. The van der Waals surface area contributed by atoms with Crippen molar-refractivity contribution in [1.29, 1.82) is 0 Å². The molecular weight excluding hydrogens is 368 g/mol. The van der Waals surface area contributed by atoms with Crippen LogP contribution in [0.1, 0.15) is 82.3 Å². The largest absolute Gasteiger partial charge is 0.444 e. The molecular formula is C22H34N4O3. The van der Waals surface area contributed by atoms with Gasteiger partial charge in [-0.05, 0) is 72.1 Å². The summed E-state index contributed by atoms with van der Waals surface area (Å²) in [7, 11) is 0. The number of hydrogen-bond donors (Lipinski definition) is 2. The number of likely N-dealkylation sites (tertiary alicyclic amines) is 1. The highest BCUT2D eigenvalue weighted by molar-refractivity contribution is 5.68. The number of H-pyrrole nitrogens is 1. The second kappa shape index (κ2) is 8.09. The molecule has 160 valence electrons. The summed E-state index contributed by atoms with van der Waals surface area (Å²) in [6.07, 6.45) is 8.09. The van der Waals surface area contributed by atoms with E-state index in [1.54, 1.807) is 0 Å². The molecule has 2 fully saturated rings. The monoisotopic (exact) mass is 402 g/mol. The number of fused-ring (bicyclic) bond motifs is 1. The van der Waals surface area contributed by atoms with Crippen molar-refractivity contribution in [2.75, 3.05) is 13.1 Å². The topological polar surface area (TPSA) is 87.3 Å². The summed E-state index contributed by atoms with van der Waals surface area (Å²) in [5.74, 6) is 1.27. The Morgan fingerprint density at radius 3 is 2.52 bits per heavy atom. The Morgan fingerprint density at radius 2 is 1.83 bits per heavy atom. The zero-order valence-corrected chi connectivity index (χ0v) is 17.9. The van der Waals surface area contributed by atoms with Crippen LogP contribution >= 0.6 is 0 Å². The second-order valence-electron chi connectivity index (χ2n) is 9.89. The first-order valence-electron chi connectivity index (χ1n) is 11.1. The number of nitrogens with one attached hydrogen (secondary N) is 2. The van der Waals surface area contributed by atoms with Gasteiger partial charge >= 0.3 is 6.09 Å². The molecule has 1 saturated carbocycles. The van der Waals surface area contributed by atoms with Gasteiger partial charge in [0.05, 0.1) is 11.7 Å². The van der Waals surface area contributed by atoms with Gasteiger partial charge < -0.3 is 15.0 Å². The minimum atomic E-state index is -0.461. The molecule has 7 heteroatoms. The number of carbonyl (C=O) groups is 1. The van der Waals surface area contributed by atoms with E-state index in [2.05, 4.69) is 15.2 Å². The Kier molecular flexibility index (Phi) is 5.69. The van der Waals surface area contributed by atoms with Gasteiger partial charge in [0, 0.05) is 30.6 Å². The molecule has 1 aromatic rings. The van der Waals surface area contributed by atoms with Crippen molar-refractivity contribution in [3.63, 3.8) is 0 Å². The molecule has 4 rings (SSSR count). The first-order valence-corrected chi connectivity index (χ1v) is 11.1. The quantitative estimate of drug-likeness (QED) is 0.812. The highest BCUT2D eigenvalue weighted by Crippen LogP contribution is 2.35. The fourth-order valence-electron chi connectivity index (χ4n) is 4.91. The molecule has 29 heavy (non-hydrogen) atoms. The van der Waals surface area contributed by atoms with E-state index in [0.29, 0.717) is 12.0 Å². The molecule has 0 atom stereocenters. The highest BCUT2D eigenvalue weighted by Gasteiger charge is 2.36. The van der Waals surface area contributed by atoms with Gasteiger partial charge in [0.1, 0.15) is 11.4 Å². The van der Waals surface area contributed by atoms with Crippen molar-refractivity contribution >= 4 is 6.09 Å². The van der Waals surface area contributed by atoms with Crippen LogP contribution in [0.2, 0.25) is 0 Å². The Labute approximate surface area is 172 Å². The maximum atomic E-state index is 12.4. The summed E-state index contributed by atoms with van der Waals surface area (Å²) >= 11 is 0. The van der Waals surface area contributed by atoms with Crippen molar-refractivity contribution in [2.45, 2.75) is 95.7 Å². The molecule has 7 nitrogen and oxygen atoms in total. The Balaban J connectivity index is 1.25. The average molecular weight is 403 g/mol. The van der Waals surface area contributed by atoms with Crippen molar-refractivity contribution in [2.24, 2.45) is 0 Å². The van der Waals surface area contributed by atoms with Crippen molar-refractivity contribution in [3.8, 4) is 0 Å². The number of carbonyl (C=O) groups excluding carboxylic acids is 1. The lowest BCUT2D eigenvalue weighted by Crippen LogP contribution is -2.62. The molecule has 2 heterocycles. The number of nitrogens with zero attached hydrogens (tertiary/aromatic N) is 2. The van der Waals surface area contributed by atoms with Gasteiger partial charge in [-0.15, -0.1) is 0 Å². The van der Waals surface area contributed by atoms with Crippen LogP contribution in [0.15, 0.2) is 4.79 Å². The summed E-state index contributed by atoms with van der Waals surface area (Å²) in [6, 6.07) is 0.744. The van der Waals surface area contributed by atoms with Crippen molar-refractivity contribution in [3.05, 3.63) is 27.4 Å². The summed E-state index contributed by atoms with van der Waals surface area (Å²) < 4.78 is 5.33. The SMILES string of the molecule is CC(C)(C)OC(=O)NC1CN(C2CCC(c3nc4c(c(=O)[nH]3)CCCC4)CC2)C1. The molecule has 2 N–H and O–H groups in total. The predicted octanol–water partition coefficient (Wildman–Crippen LogP) is 2.88. The van der Waals surface area contributed by atoms with E-state index in [1.807, 2.05) is 20.8 Å². The van der Waals surface area contributed by atoms with E-state index >= 15 is 0 Å². The minimum Gasteiger partial charge on any atom is -0.444 e. The third kappa shape index (κ3) is 4.82. The lowest BCUT2D eigenvalue weighted by Gasteiger charge is -2.46. The van der Waals surface area contributed by atoms with Gasteiger partial charge in [0.2, 0.25) is 0 Å². The zero-order valence-electron chi connectivity index (χ0n) is 17.9. The number of ether oxygens (including phenoxy) is 1. The first-order chi connectivity index (χ1) is 13.8. The number of hydrogen-bond acceptors (Lipinski definition) is 5. The molecule has 0 bridgehead atoms. The van der Waals surface area contributed by atoms with Gasteiger partial charge in [-0.1, -0.05) is 0 Å². The molecule has 0 radical (unpaired) electrons. The Bertz CT molecular complexity index is 799. The predicted molar refractivity (Wildman–Crippen MR) is 111 cm³/mol.